The van der Waals surface area contributed by atoms with E-state index in [1.807, 2.05) is 0 Å². The highest BCUT2D eigenvalue weighted by Crippen LogP contribution is 2.19. The molecule has 17 heavy (non-hydrogen) atoms. The molecule has 1 heterocycles. The molecule has 7 heteroatoms. The van der Waals surface area contributed by atoms with Crippen molar-refractivity contribution in [2.45, 2.75) is 31.2 Å². The molecule has 0 spiro atoms. The Morgan fingerprint density at radius 1 is 1.47 bits per heavy atom. The second-order valence-corrected chi connectivity index (χ2v) is 3.88. The number of carboxylic acids is 1. The number of ether oxygens (including phenoxy) is 2. The molecule has 0 aromatic rings. The van der Waals surface area contributed by atoms with Crippen LogP contribution in [0.4, 0.5) is 0 Å². The summed E-state index contributed by atoms with van der Waals surface area (Å²) in [4.78, 5) is 22.1. The van der Waals surface area contributed by atoms with Gasteiger partial charge in [0.2, 0.25) is 5.91 Å². The van der Waals surface area contributed by atoms with Crippen molar-refractivity contribution < 1.29 is 29.3 Å². The Morgan fingerprint density at radius 2 is 2.12 bits per heavy atom. The first-order chi connectivity index (χ1) is 8.04. The van der Waals surface area contributed by atoms with Crippen LogP contribution in [0.5, 0.6) is 0 Å². The van der Waals surface area contributed by atoms with Crippen LogP contribution in [-0.4, -0.2) is 60.7 Å². The second kappa shape index (κ2) is 6.53. The van der Waals surface area contributed by atoms with E-state index in [2.05, 4.69) is 5.32 Å². The first kappa shape index (κ1) is 13.9. The molecule has 1 aliphatic heterocycles. The molecule has 0 aromatic carbocycles. The number of hydrogen-bond acceptors (Lipinski definition) is 5. The quantitative estimate of drug-likeness (QED) is 0.541. The van der Waals surface area contributed by atoms with E-state index in [0.717, 1.165) is 0 Å². The van der Waals surface area contributed by atoms with Crippen LogP contribution in [0.3, 0.4) is 0 Å². The van der Waals surface area contributed by atoms with Gasteiger partial charge >= 0.3 is 5.97 Å². The molecule has 1 fully saturated rings. The number of aliphatic hydroxyl groups is 1. The predicted molar refractivity (Wildman–Crippen MR) is 56.4 cm³/mol. The average Bonchev–Trinajstić information content (AvgIpc) is 2.75. The van der Waals surface area contributed by atoms with Gasteiger partial charge in [-0.1, -0.05) is 0 Å². The topological polar surface area (TPSA) is 105 Å². The maximum atomic E-state index is 11.5. The highest BCUT2D eigenvalue weighted by Gasteiger charge is 2.34. The maximum absolute atomic E-state index is 11.5. The highest BCUT2D eigenvalue weighted by atomic mass is 16.5. The molecule has 1 aliphatic rings. The Morgan fingerprint density at radius 3 is 2.65 bits per heavy atom. The summed E-state index contributed by atoms with van der Waals surface area (Å²) in [5.41, 5.74) is 0. The standard InChI is InChI=1S/C10H17NO6/c1-16-5-6(12)4-11-9(13)7-2-3-8(17-7)10(14)15/h6-8,12H,2-5H2,1H3,(H,11,13)(H,14,15)/t6?,7-,8+/m0/s1. The van der Waals surface area contributed by atoms with E-state index >= 15 is 0 Å². The highest BCUT2D eigenvalue weighted by molar-refractivity contribution is 5.82. The van der Waals surface area contributed by atoms with Gasteiger partial charge in [-0.05, 0) is 12.8 Å². The van der Waals surface area contributed by atoms with E-state index in [0.29, 0.717) is 12.8 Å². The van der Waals surface area contributed by atoms with E-state index in [1.165, 1.54) is 7.11 Å². The van der Waals surface area contributed by atoms with Gasteiger partial charge in [-0.15, -0.1) is 0 Å². The van der Waals surface area contributed by atoms with Gasteiger partial charge in [-0.3, -0.25) is 4.79 Å². The first-order valence-electron chi connectivity index (χ1n) is 5.37. The van der Waals surface area contributed by atoms with Crippen molar-refractivity contribution in [2.24, 2.45) is 0 Å². The van der Waals surface area contributed by atoms with Gasteiger partial charge in [0.1, 0.15) is 6.10 Å². The summed E-state index contributed by atoms with van der Waals surface area (Å²) in [5.74, 6) is -1.45. The number of hydrogen-bond donors (Lipinski definition) is 3. The number of aliphatic hydroxyl groups excluding tert-OH is 1. The van der Waals surface area contributed by atoms with Crippen LogP contribution >= 0.6 is 0 Å². The summed E-state index contributed by atoms with van der Waals surface area (Å²) in [7, 11) is 1.45. The van der Waals surface area contributed by atoms with Crippen LogP contribution in [0.15, 0.2) is 0 Å². The Labute approximate surface area is 98.7 Å². The van der Waals surface area contributed by atoms with Gasteiger partial charge in [0.25, 0.3) is 0 Å². The minimum atomic E-state index is -1.06. The Bertz CT molecular complexity index is 282. The molecular weight excluding hydrogens is 230 g/mol. The van der Waals surface area contributed by atoms with Crippen LogP contribution in [0.25, 0.3) is 0 Å². The summed E-state index contributed by atoms with van der Waals surface area (Å²) >= 11 is 0. The molecule has 3 N–H and O–H groups in total. The van der Waals surface area contributed by atoms with E-state index in [-0.39, 0.29) is 13.2 Å². The molecule has 0 aromatic heterocycles. The molecule has 7 nitrogen and oxygen atoms in total. The molecule has 1 amide bonds. The fourth-order valence-corrected chi connectivity index (χ4v) is 1.60. The molecule has 1 saturated heterocycles. The lowest BCUT2D eigenvalue weighted by atomic mass is 10.2. The third kappa shape index (κ3) is 4.29. The van der Waals surface area contributed by atoms with Crippen molar-refractivity contribution >= 4 is 11.9 Å². The van der Waals surface area contributed by atoms with Crippen molar-refractivity contribution in [1.82, 2.24) is 5.32 Å². The van der Waals surface area contributed by atoms with Crippen molar-refractivity contribution in [3.8, 4) is 0 Å². The molecule has 3 atom stereocenters. The lowest BCUT2D eigenvalue weighted by molar-refractivity contribution is -0.151. The van der Waals surface area contributed by atoms with Gasteiger partial charge < -0.3 is 25.0 Å². The Hall–Kier alpha value is -1.18. The molecule has 0 saturated carbocycles. The van der Waals surface area contributed by atoms with E-state index in [1.54, 1.807) is 0 Å². The minimum Gasteiger partial charge on any atom is -0.479 e. The third-order valence-corrected chi connectivity index (χ3v) is 2.46. The third-order valence-electron chi connectivity index (χ3n) is 2.46. The van der Waals surface area contributed by atoms with Crippen molar-refractivity contribution in [2.75, 3.05) is 20.3 Å². The number of aliphatic carboxylic acids is 1. The van der Waals surface area contributed by atoms with E-state index in [4.69, 9.17) is 14.6 Å². The molecule has 0 bridgehead atoms. The molecular formula is C10H17NO6. The monoisotopic (exact) mass is 247 g/mol. The Kier molecular flexibility index (Phi) is 5.33. The fraction of sp³-hybridized carbons (Fsp3) is 0.800. The summed E-state index contributed by atoms with van der Waals surface area (Å²) in [6.45, 7) is 0.188. The van der Waals surface area contributed by atoms with Gasteiger partial charge in [0.15, 0.2) is 6.10 Å². The van der Waals surface area contributed by atoms with Crippen LogP contribution in [0.2, 0.25) is 0 Å². The van der Waals surface area contributed by atoms with Gasteiger partial charge in [-0.25, -0.2) is 4.79 Å². The van der Waals surface area contributed by atoms with Crippen LogP contribution in [0, 0.1) is 0 Å². The normalized spacial score (nSPS) is 25.5. The van der Waals surface area contributed by atoms with Crippen LogP contribution < -0.4 is 5.32 Å². The lowest BCUT2D eigenvalue weighted by Crippen LogP contribution is -2.40. The number of amides is 1. The summed E-state index contributed by atoms with van der Waals surface area (Å²) < 4.78 is 9.75. The summed E-state index contributed by atoms with van der Waals surface area (Å²) in [5, 5.41) is 20.5. The summed E-state index contributed by atoms with van der Waals surface area (Å²) in [6.07, 6.45) is -1.72. The number of methoxy groups -OCH3 is 1. The number of carboxylic acid groups (broad SMARTS) is 1. The number of nitrogens with one attached hydrogen (secondary N) is 1. The van der Waals surface area contributed by atoms with Crippen LogP contribution in [-0.2, 0) is 19.1 Å². The molecule has 0 aliphatic carbocycles. The SMILES string of the molecule is COCC(O)CNC(=O)[C@@H]1CC[C@H](C(=O)O)O1. The molecule has 1 rings (SSSR count). The predicted octanol–water partition coefficient (Wildman–Crippen LogP) is -1.26. The molecule has 98 valence electrons. The zero-order valence-corrected chi connectivity index (χ0v) is 9.59. The minimum absolute atomic E-state index is 0.0598. The Balaban J connectivity index is 2.27. The smallest absolute Gasteiger partial charge is 0.332 e. The van der Waals surface area contributed by atoms with E-state index < -0.39 is 30.2 Å². The zero-order chi connectivity index (χ0) is 12.8. The summed E-state index contributed by atoms with van der Waals surface area (Å²) in [6, 6.07) is 0. The van der Waals surface area contributed by atoms with Gasteiger partial charge in [-0.2, -0.15) is 0 Å². The molecule has 1 unspecified atom stereocenters. The van der Waals surface area contributed by atoms with Gasteiger partial charge in [0, 0.05) is 13.7 Å². The largest absolute Gasteiger partial charge is 0.479 e. The number of rotatable bonds is 6. The van der Waals surface area contributed by atoms with Crippen molar-refractivity contribution in [3.05, 3.63) is 0 Å². The lowest BCUT2D eigenvalue weighted by Gasteiger charge is -2.14. The van der Waals surface area contributed by atoms with Crippen LogP contribution in [0.1, 0.15) is 12.8 Å². The second-order valence-electron chi connectivity index (χ2n) is 3.88. The first-order valence-corrected chi connectivity index (χ1v) is 5.37. The number of carbonyl (C=O) groups excluding carboxylic acids is 1. The number of carbonyl (C=O) groups is 2. The molecule has 0 radical (unpaired) electrons. The van der Waals surface area contributed by atoms with Gasteiger partial charge in [0.05, 0.1) is 12.7 Å². The van der Waals surface area contributed by atoms with Crippen molar-refractivity contribution in [1.29, 1.82) is 0 Å². The average molecular weight is 247 g/mol. The fourth-order valence-electron chi connectivity index (χ4n) is 1.60. The van der Waals surface area contributed by atoms with E-state index in [9.17, 15) is 14.7 Å². The van der Waals surface area contributed by atoms with Crippen molar-refractivity contribution in [3.63, 3.8) is 0 Å². The zero-order valence-electron chi connectivity index (χ0n) is 9.59. The maximum Gasteiger partial charge on any atom is 0.332 e.